The highest BCUT2D eigenvalue weighted by Gasteiger charge is 2.21. The molecular formula is C52H33N3. The zero-order chi connectivity index (χ0) is 36.3. The van der Waals surface area contributed by atoms with E-state index in [0.29, 0.717) is 5.82 Å². The summed E-state index contributed by atoms with van der Waals surface area (Å²) in [6.07, 6.45) is 0. The average Bonchev–Trinajstić information content (AvgIpc) is 3.62. The minimum atomic E-state index is 0.697. The second-order valence-electron chi connectivity index (χ2n) is 14.2. The normalized spacial score (nSPS) is 11.6. The Bertz CT molecular complexity index is 3230. The summed E-state index contributed by atoms with van der Waals surface area (Å²) >= 11 is 0. The van der Waals surface area contributed by atoms with Crippen LogP contribution in [0.2, 0.25) is 0 Å². The molecule has 0 aliphatic rings. The predicted molar refractivity (Wildman–Crippen MR) is 231 cm³/mol. The SMILES string of the molecule is c1ccc(-c2ccc(-c3nc(-c4ccccc4)cc(-c4cccc(-n5c6ccccc6c6c7c8ccccc8ccc7c7ccccc7c65)c4)n3)cc2)cc1. The van der Waals surface area contributed by atoms with Gasteiger partial charge in [0, 0.05) is 43.9 Å². The Morgan fingerprint density at radius 2 is 0.909 bits per heavy atom. The van der Waals surface area contributed by atoms with E-state index < -0.39 is 0 Å². The lowest BCUT2D eigenvalue weighted by Crippen LogP contribution is -1.98. The van der Waals surface area contributed by atoms with Crippen LogP contribution in [-0.4, -0.2) is 14.5 Å². The molecule has 0 N–H and O–H groups in total. The fraction of sp³-hybridized carbons (Fsp3) is 0. The molecule has 0 spiro atoms. The molecular weight excluding hydrogens is 667 g/mol. The highest BCUT2D eigenvalue weighted by Crippen LogP contribution is 2.45. The first-order chi connectivity index (χ1) is 27.3. The smallest absolute Gasteiger partial charge is 0.160 e. The molecule has 0 aliphatic carbocycles. The number of fused-ring (bicyclic) bond motifs is 10. The van der Waals surface area contributed by atoms with Gasteiger partial charge in [-0.1, -0.05) is 176 Å². The van der Waals surface area contributed by atoms with E-state index in [2.05, 4.69) is 193 Å². The minimum Gasteiger partial charge on any atom is -0.309 e. The number of aromatic nitrogens is 3. The summed E-state index contributed by atoms with van der Waals surface area (Å²) in [5, 5.41) is 10.1. The molecule has 0 atom stereocenters. The van der Waals surface area contributed by atoms with E-state index in [1.54, 1.807) is 0 Å². The summed E-state index contributed by atoms with van der Waals surface area (Å²) in [7, 11) is 0. The van der Waals surface area contributed by atoms with Gasteiger partial charge in [-0.05, 0) is 56.9 Å². The largest absolute Gasteiger partial charge is 0.309 e. The number of nitrogens with zero attached hydrogens (tertiary/aromatic N) is 3. The van der Waals surface area contributed by atoms with Crippen molar-refractivity contribution in [2.75, 3.05) is 0 Å². The van der Waals surface area contributed by atoms with E-state index in [4.69, 9.17) is 9.97 Å². The van der Waals surface area contributed by atoms with Gasteiger partial charge in [-0.15, -0.1) is 0 Å². The number of hydrogen-bond donors (Lipinski definition) is 0. The number of benzene rings is 9. The van der Waals surface area contributed by atoms with E-state index in [-0.39, 0.29) is 0 Å². The van der Waals surface area contributed by atoms with Gasteiger partial charge in [0.1, 0.15) is 0 Å². The van der Waals surface area contributed by atoms with Crippen molar-refractivity contribution in [1.82, 2.24) is 14.5 Å². The van der Waals surface area contributed by atoms with Gasteiger partial charge in [-0.3, -0.25) is 0 Å². The maximum Gasteiger partial charge on any atom is 0.160 e. The van der Waals surface area contributed by atoms with Gasteiger partial charge < -0.3 is 4.57 Å². The lowest BCUT2D eigenvalue weighted by atomic mass is 9.93. The first kappa shape index (κ1) is 31.2. The van der Waals surface area contributed by atoms with Crippen LogP contribution in [0.3, 0.4) is 0 Å². The molecule has 3 heteroatoms. The molecule has 11 aromatic rings. The molecule has 55 heavy (non-hydrogen) atoms. The number of para-hydroxylation sites is 1. The Labute approximate surface area is 318 Å². The van der Waals surface area contributed by atoms with Gasteiger partial charge >= 0.3 is 0 Å². The Kier molecular flexibility index (Phi) is 7.17. The van der Waals surface area contributed by atoms with E-state index in [1.165, 1.54) is 59.7 Å². The van der Waals surface area contributed by atoms with Crippen LogP contribution in [0.4, 0.5) is 0 Å². The molecule has 0 saturated carbocycles. The summed E-state index contributed by atoms with van der Waals surface area (Å²) in [6.45, 7) is 0. The van der Waals surface area contributed by atoms with E-state index in [0.717, 1.165) is 39.3 Å². The van der Waals surface area contributed by atoms with E-state index >= 15 is 0 Å². The Morgan fingerprint density at radius 1 is 0.327 bits per heavy atom. The molecule has 0 saturated heterocycles. The highest BCUT2D eigenvalue weighted by atomic mass is 15.0. The van der Waals surface area contributed by atoms with Crippen molar-refractivity contribution in [3.05, 3.63) is 200 Å². The molecule has 0 amide bonds. The zero-order valence-electron chi connectivity index (χ0n) is 29.9. The summed E-state index contributed by atoms with van der Waals surface area (Å²) < 4.78 is 2.46. The van der Waals surface area contributed by atoms with Crippen molar-refractivity contribution in [1.29, 1.82) is 0 Å². The van der Waals surface area contributed by atoms with Crippen molar-refractivity contribution in [3.63, 3.8) is 0 Å². The first-order valence-corrected chi connectivity index (χ1v) is 18.7. The summed E-state index contributed by atoms with van der Waals surface area (Å²) in [4.78, 5) is 10.4. The maximum atomic E-state index is 5.25. The van der Waals surface area contributed by atoms with Crippen molar-refractivity contribution >= 4 is 54.1 Å². The van der Waals surface area contributed by atoms with Crippen molar-refractivity contribution in [2.45, 2.75) is 0 Å². The molecule has 3 nitrogen and oxygen atoms in total. The molecule has 256 valence electrons. The van der Waals surface area contributed by atoms with Crippen molar-refractivity contribution in [3.8, 4) is 50.7 Å². The van der Waals surface area contributed by atoms with Gasteiger partial charge in [0.25, 0.3) is 0 Å². The average molecular weight is 700 g/mol. The van der Waals surface area contributed by atoms with Crippen LogP contribution in [0.15, 0.2) is 200 Å². The van der Waals surface area contributed by atoms with Crippen molar-refractivity contribution in [2.24, 2.45) is 0 Å². The predicted octanol–water partition coefficient (Wildman–Crippen LogP) is 13.7. The van der Waals surface area contributed by atoms with Gasteiger partial charge in [0.05, 0.1) is 22.4 Å². The minimum absolute atomic E-state index is 0.697. The Hall–Kier alpha value is -7.36. The third kappa shape index (κ3) is 5.13. The van der Waals surface area contributed by atoms with Crippen LogP contribution in [0, 0.1) is 0 Å². The second-order valence-corrected chi connectivity index (χ2v) is 14.2. The molecule has 0 aliphatic heterocycles. The lowest BCUT2D eigenvalue weighted by Gasteiger charge is -2.15. The first-order valence-electron chi connectivity index (χ1n) is 18.7. The second kappa shape index (κ2) is 12.6. The van der Waals surface area contributed by atoms with Crippen LogP contribution < -0.4 is 0 Å². The van der Waals surface area contributed by atoms with E-state index in [9.17, 15) is 0 Å². The third-order valence-corrected chi connectivity index (χ3v) is 11.0. The molecule has 11 rings (SSSR count). The monoisotopic (exact) mass is 699 g/mol. The summed E-state index contributed by atoms with van der Waals surface area (Å²) in [5.74, 6) is 0.697. The standard InChI is InChI=1S/C52H33N3/c1-3-14-34(15-4-1)35-26-28-38(29-27-35)52-53-46(37-17-5-2-6-18-37)33-47(54-52)39-19-13-20-40(32-39)55-48-25-12-11-24-45(48)50-49-41-21-8-7-16-36(41)30-31-43(49)42-22-9-10-23-44(42)51(50)55/h1-33H. The molecule has 0 radical (unpaired) electrons. The molecule has 0 unspecified atom stereocenters. The van der Waals surface area contributed by atoms with Gasteiger partial charge in [0.15, 0.2) is 5.82 Å². The lowest BCUT2D eigenvalue weighted by molar-refractivity contribution is 1.17. The van der Waals surface area contributed by atoms with Crippen molar-refractivity contribution < 1.29 is 0 Å². The zero-order valence-corrected chi connectivity index (χ0v) is 29.9. The molecule has 2 heterocycles. The van der Waals surface area contributed by atoms with Gasteiger partial charge in [0.2, 0.25) is 0 Å². The fourth-order valence-electron chi connectivity index (χ4n) is 8.43. The topological polar surface area (TPSA) is 30.7 Å². The van der Waals surface area contributed by atoms with Crippen LogP contribution in [0.25, 0.3) is 105 Å². The van der Waals surface area contributed by atoms with Crippen LogP contribution in [0.1, 0.15) is 0 Å². The molecule has 0 fully saturated rings. The fourth-order valence-corrected chi connectivity index (χ4v) is 8.43. The highest BCUT2D eigenvalue weighted by molar-refractivity contribution is 6.36. The molecule has 9 aromatic carbocycles. The molecule has 2 aromatic heterocycles. The number of rotatable bonds is 5. The quantitative estimate of drug-likeness (QED) is 0.167. The Morgan fingerprint density at radius 3 is 1.69 bits per heavy atom. The number of hydrogen-bond acceptors (Lipinski definition) is 2. The van der Waals surface area contributed by atoms with E-state index in [1.807, 2.05) is 12.1 Å². The summed E-state index contributed by atoms with van der Waals surface area (Å²) in [6, 6.07) is 71.4. The molecule has 0 bridgehead atoms. The van der Waals surface area contributed by atoms with Crippen LogP contribution in [0.5, 0.6) is 0 Å². The van der Waals surface area contributed by atoms with Crippen LogP contribution in [-0.2, 0) is 0 Å². The maximum absolute atomic E-state index is 5.25. The van der Waals surface area contributed by atoms with Crippen LogP contribution >= 0.6 is 0 Å². The third-order valence-electron chi connectivity index (χ3n) is 11.0. The summed E-state index contributed by atoms with van der Waals surface area (Å²) in [5.41, 5.74) is 10.6. The Balaban J connectivity index is 1.15. The van der Waals surface area contributed by atoms with Gasteiger partial charge in [-0.25, -0.2) is 9.97 Å². The van der Waals surface area contributed by atoms with Gasteiger partial charge in [-0.2, -0.15) is 0 Å².